The Labute approximate surface area is 94.7 Å². The Morgan fingerprint density at radius 3 is 2.94 bits per heavy atom. The minimum atomic E-state index is -3.35. The summed E-state index contributed by atoms with van der Waals surface area (Å²) in [4.78, 5) is 0.251. The van der Waals surface area contributed by atoms with Gasteiger partial charge in [-0.15, -0.1) is 0 Å². The fourth-order valence-electron chi connectivity index (χ4n) is 1.85. The van der Waals surface area contributed by atoms with Gasteiger partial charge in [0, 0.05) is 19.3 Å². The Bertz CT molecular complexity index is 468. The summed E-state index contributed by atoms with van der Waals surface area (Å²) >= 11 is 0. The van der Waals surface area contributed by atoms with Crippen molar-refractivity contribution in [3.63, 3.8) is 0 Å². The lowest BCUT2D eigenvalue weighted by Gasteiger charge is -2.27. The van der Waals surface area contributed by atoms with E-state index in [-0.39, 0.29) is 10.9 Å². The predicted molar refractivity (Wildman–Crippen MR) is 59.4 cm³/mol. The monoisotopic (exact) mass is 244 g/mol. The lowest BCUT2D eigenvalue weighted by atomic mass is 10.1. The molecule has 0 radical (unpaired) electrons. The maximum atomic E-state index is 12.2. The van der Waals surface area contributed by atoms with Crippen molar-refractivity contribution in [1.29, 1.82) is 0 Å². The van der Waals surface area contributed by atoms with E-state index in [2.05, 4.69) is 10.4 Å². The zero-order chi connectivity index (χ0) is 11.8. The third-order valence-corrected chi connectivity index (χ3v) is 4.76. The van der Waals surface area contributed by atoms with Gasteiger partial charge in [-0.1, -0.05) is 0 Å². The van der Waals surface area contributed by atoms with Gasteiger partial charge in [-0.3, -0.25) is 4.68 Å². The largest absolute Gasteiger partial charge is 0.328 e. The zero-order valence-electron chi connectivity index (χ0n) is 9.13. The number of hydrogen-bond acceptors (Lipinski definition) is 5. The first-order valence-corrected chi connectivity index (χ1v) is 6.76. The van der Waals surface area contributed by atoms with Crippen molar-refractivity contribution in [2.45, 2.75) is 29.2 Å². The van der Waals surface area contributed by atoms with Gasteiger partial charge in [-0.25, -0.2) is 8.42 Å². The second kappa shape index (κ2) is 4.15. The maximum Gasteiger partial charge on any atom is 0.197 e. The van der Waals surface area contributed by atoms with Gasteiger partial charge in [0.1, 0.15) is 10.3 Å². The molecule has 90 valence electrons. The highest BCUT2D eigenvalue weighted by molar-refractivity contribution is 7.92. The van der Waals surface area contributed by atoms with Crippen LogP contribution in [0.15, 0.2) is 17.3 Å². The fourth-order valence-corrected chi connectivity index (χ4v) is 3.51. The van der Waals surface area contributed by atoms with Crippen LogP contribution in [-0.4, -0.2) is 36.2 Å². The summed E-state index contributed by atoms with van der Waals surface area (Å²) in [5, 5.41) is 6.28. The maximum absolute atomic E-state index is 12.2. The van der Waals surface area contributed by atoms with Crippen molar-refractivity contribution >= 4 is 9.84 Å². The number of nitrogens with two attached hydrogens (primary N) is 1. The summed E-state index contributed by atoms with van der Waals surface area (Å²) in [6.45, 7) is 0.644. The van der Waals surface area contributed by atoms with E-state index in [9.17, 15) is 8.42 Å². The van der Waals surface area contributed by atoms with E-state index in [1.807, 2.05) is 0 Å². The molecule has 3 N–H and O–H groups in total. The van der Waals surface area contributed by atoms with Gasteiger partial charge in [0.25, 0.3) is 0 Å². The molecule has 2 rings (SSSR count). The van der Waals surface area contributed by atoms with Crippen molar-refractivity contribution < 1.29 is 8.42 Å². The third-order valence-electron chi connectivity index (χ3n) is 2.79. The number of nitrogens with zero attached hydrogens (tertiary/aromatic N) is 2. The molecular formula is C9H16N4O2S. The molecule has 0 saturated carbocycles. The molecule has 1 aliphatic rings. The number of hydrogen-bond donors (Lipinski definition) is 2. The first-order chi connectivity index (χ1) is 7.50. The van der Waals surface area contributed by atoms with Gasteiger partial charge in [0.15, 0.2) is 9.84 Å². The molecule has 16 heavy (non-hydrogen) atoms. The van der Waals surface area contributed by atoms with Crippen molar-refractivity contribution in [1.82, 2.24) is 15.1 Å². The van der Waals surface area contributed by atoms with E-state index in [0.717, 1.165) is 6.42 Å². The third kappa shape index (κ3) is 2.11. The summed E-state index contributed by atoms with van der Waals surface area (Å²) in [5.74, 6) is 0. The summed E-state index contributed by atoms with van der Waals surface area (Å²) in [5.41, 5.74) is 5.78. The first-order valence-electron chi connectivity index (χ1n) is 5.21. The molecule has 2 unspecified atom stereocenters. The molecule has 0 bridgehead atoms. The Hall–Kier alpha value is -0.920. The van der Waals surface area contributed by atoms with Crippen LogP contribution >= 0.6 is 0 Å². The first kappa shape index (κ1) is 11.6. The Morgan fingerprint density at radius 2 is 2.38 bits per heavy atom. The highest BCUT2D eigenvalue weighted by atomic mass is 32.2. The molecular weight excluding hydrogens is 228 g/mol. The van der Waals surface area contributed by atoms with E-state index in [1.54, 1.807) is 7.05 Å². The van der Waals surface area contributed by atoms with Crippen LogP contribution < -0.4 is 11.1 Å². The molecule has 1 aromatic heterocycles. The summed E-state index contributed by atoms with van der Waals surface area (Å²) < 4.78 is 25.8. The van der Waals surface area contributed by atoms with Crippen LogP contribution in [-0.2, 0) is 16.9 Å². The quantitative estimate of drug-likeness (QED) is 0.713. The molecule has 0 spiro atoms. The predicted octanol–water partition coefficient (Wildman–Crippen LogP) is -0.769. The second-order valence-electron chi connectivity index (χ2n) is 4.12. The van der Waals surface area contributed by atoms with Crippen LogP contribution in [0, 0.1) is 0 Å². The Morgan fingerprint density at radius 1 is 1.62 bits per heavy atom. The van der Waals surface area contributed by atoms with Crippen molar-refractivity contribution in [2.75, 3.05) is 6.54 Å². The summed E-state index contributed by atoms with van der Waals surface area (Å²) in [6.07, 6.45) is 4.16. The van der Waals surface area contributed by atoms with Crippen LogP contribution in [0.5, 0.6) is 0 Å². The van der Waals surface area contributed by atoms with Gasteiger partial charge in [0.2, 0.25) is 0 Å². The van der Waals surface area contributed by atoms with Gasteiger partial charge < -0.3 is 11.1 Å². The number of aryl methyl sites for hydroxylation is 1. The lowest BCUT2D eigenvalue weighted by Crippen LogP contribution is -2.47. The van der Waals surface area contributed by atoms with Crippen molar-refractivity contribution in [2.24, 2.45) is 12.8 Å². The van der Waals surface area contributed by atoms with E-state index in [1.165, 1.54) is 17.1 Å². The summed E-state index contributed by atoms with van der Waals surface area (Å²) in [7, 11) is -1.66. The number of aromatic nitrogens is 2. The second-order valence-corrected chi connectivity index (χ2v) is 6.25. The van der Waals surface area contributed by atoms with Crippen molar-refractivity contribution in [3.05, 3.63) is 12.4 Å². The van der Waals surface area contributed by atoms with Gasteiger partial charge in [-0.2, -0.15) is 5.10 Å². The molecule has 2 heterocycles. The average Bonchev–Trinajstić information content (AvgIpc) is 2.65. The fraction of sp³-hybridized carbons (Fsp3) is 0.667. The molecule has 6 nitrogen and oxygen atoms in total. The smallest absolute Gasteiger partial charge is 0.197 e. The molecule has 1 saturated heterocycles. The van der Waals surface area contributed by atoms with Crippen LogP contribution in [0.25, 0.3) is 0 Å². The normalized spacial score (nSPS) is 26.9. The standard InChI is InChI=1S/C9H16N4O2S/c1-13-6-8(5-12-13)16(14,15)9-4-7(10)2-3-11-9/h5-7,9,11H,2-4,10H2,1H3. The number of rotatable bonds is 2. The highest BCUT2D eigenvalue weighted by Gasteiger charge is 2.32. The van der Waals surface area contributed by atoms with E-state index in [4.69, 9.17) is 5.73 Å². The van der Waals surface area contributed by atoms with Crippen LogP contribution in [0.2, 0.25) is 0 Å². The molecule has 0 aliphatic carbocycles. The number of piperidine rings is 1. The van der Waals surface area contributed by atoms with Gasteiger partial charge >= 0.3 is 0 Å². The molecule has 1 fully saturated rings. The molecule has 2 atom stereocenters. The van der Waals surface area contributed by atoms with Crippen LogP contribution in [0.1, 0.15) is 12.8 Å². The molecule has 1 aromatic rings. The van der Waals surface area contributed by atoms with Crippen LogP contribution in [0.3, 0.4) is 0 Å². The van der Waals surface area contributed by atoms with Crippen molar-refractivity contribution in [3.8, 4) is 0 Å². The highest BCUT2D eigenvalue weighted by Crippen LogP contribution is 2.19. The lowest BCUT2D eigenvalue weighted by molar-refractivity contribution is 0.415. The molecule has 1 aliphatic heterocycles. The average molecular weight is 244 g/mol. The Balaban J connectivity index is 2.25. The van der Waals surface area contributed by atoms with E-state index in [0.29, 0.717) is 13.0 Å². The van der Waals surface area contributed by atoms with Gasteiger partial charge in [0.05, 0.1) is 6.20 Å². The van der Waals surface area contributed by atoms with E-state index >= 15 is 0 Å². The minimum absolute atomic E-state index is 0.0438. The van der Waals surface area contributed by atoms with E-state index < -0.39 is 15.2 Å². The number of nitrogens with one attached hydrogen (secondary N) is 1. The SMILES string of the molecule is Cn1cc(S(=O)(=O)C2CC(N)CCN2)cn1. The topological polar surface area (TPSA) is 90.0 Å². The molecule has 7 heteroatoms. The van der Waals surface area contributed by atoms with Gasteiger partial charge in [-0.05, 0) is 19.4 Å². The van der Waals surface area contributed by atoms with Crippen LogP contribution in [0.4, 0.5) is 0 Å². The Kier molecular flexibility index (Phi) is 3.00. The molecule has 0 amide bonds. The minimum Gasteiger partial charge on any atom is -0.328 e. The zero-order valence-corrected chi connectivity index (χ0v) is 9.94. The number of sulfone groups is 1. The summed E-state index contributed by atoms with van der Waals surface area (Å²) in [6, 6.07) is -0.0438. The molecule has 0 aromatic carbocycles.